The number of ether oxygens (including phenoxy) is 1. The largest absolute Gasteiger partial charge is 0.494 e. The molecule has 0 bridgehead atoms. The number of hydrogen-bond acceptors (Lipinski definition) is 2. The minimum Gasteiger partial charge on any atom is -0.494 e. The van der Waals surface area contributed by atoms with Gasteiger partial charge in [-0.2, -0.15) is 0 Å². The summed E-state index contributed by atoms with van der Waals surface area (Å²) in [7, 11) is 1.40. The highest BCUT2D eigenvalue weighted by Gasteiger charge is 2.03. The van der Waals surface area contributed by atoms with Crippen LogP contribution in [0, 0.1) is 5.82 Å². The van der Waals surface area contributed by atoms with Gasteiger partial charge in [0, 0.05) is 6.54 Å². The summed E-state index contributed by atoms with van der Waals surface area (Å²) in [5.41, 5.74) is 0.658. The van der Waals surface area contributed by atoms with Crippen molar-refractivity contribution in [3.8, 4) is 5.75 Å². The molecule has 0 unspecified atom stereocenters. The maximum absolute atomic E-state index is 13.1. The zero-order chi connectivity index (χ0) is 10.6. The summed E-state index contributed by atoms with van der Waals surface area (Å²) in [6.07, 6.45) is 0. The SMILES string of the molecule is COc1ccc(CNC(=O)S)cc1F. The number of amides is 1. The van der Waals surface area contributed by atoms with E-state index in [4.69, 9.17) is 4.74 Å². The lowest BCUT2D eigenvalue weighted by Gasteiger charge is -2.05. The molecular weight excluding hydrogens is 205 g/mol. The van der Waals surface area contributed by atoms with E-state index in [0.717, 1.165) is 0 Å². The van der Waals surface area contributed by atoms with E-state index in [0.29, 0.717) is 5.56 Å². The van der Waals surface area contributed by atoms with Gasteiger partial charge in [-0.1, -0.05) is 18.7 Å². The van der Waals surface area contributed by atoms with Crippen molar-refractivity contribution >= 4 is 17.9 Å². The number of methoxy groups -OCH3 is 1. The highest BCUT2D eigenvalue weighted by Crippen LogP contribution is 2.17. The second-order valence-electron chi connectivity index (χ2n) is 2.63. The van der Waals surface area contributed by atoms with Crippen LogP contribution in [0.3, 0.4) is 0 Å². The Hall–Kier alpha value is -1.23. The predicted molar refractivity (Wildman–Crippen MR) is 54.2 cm³/mol. The van der Waals surface area contributed by atoms with Gasteiger partial charge in [0.15, 0.2) is 11.6 Å². The Bertz CT molecular complexity index is 344. The van der Waals surface area contributed by atoms with Gasteiger partial charge in [0.1, 0.15) is 0 Å². The van der Waals surface area contributed by atoms with Crippen LogP contribution < -0.4 is 10.1 Å². The van der Waals surface area contributed by atoms with Gasteiger partial charge in [-0.3, -0.25) is 4.79 Å². The Kier molecular flexibility index (Phi) is 3.76. The van der Waals surface area contributed by atoms with Crippen molar-refractivity contribution in [2.45, 2.75) is 6.54 Å². The number of carbonyl (C=O) groups excluding carboxylic acids is 1. The van der Waals surface area contributed by atoms with Crippen LogP contribution in [-0.2, 0) is 6.54 Å². The molecular formula is C9H10FNO2S. The van der Waals surface area contributed by atoms with E-state index < -0.39 is 11.1 Å². The van der Waals surface area contributed by atoms with Crippen LogP contribution in [0.4, 0.5) is 9.18 Å². The van der Waals surface area contributed by atoms with Gasteiger partial charge in [0.05, 0.1) is 7.11 Å². The van der Waals surface area contributed by atoms with E-state index in [-0.39, 0.29) is 12.3 Å². The van der Waals surface area contributed by atoms with Gasteiger partial charge in [-0.05, 0) is 17.7 Å². The molecule has 1 N–H and O–H groups in total. The summed E-state index contributed by atoms with van der Waals surface area (Å²) in [6.45, 7) is 0.253. The summed E-state index contributed by atoms with van der Waals surface area (Å²) >= 11 is 3.52. The van der Waals surface area contributed by atoms with Crippen molar-refractivity contribution < 1.29 is 13.9 Å². The predicted octanol–water partition coefficient (Wildman–Crippen LogP) is 1.97. The Balaban J connectivity index is 2.71. The Morgan fingerprint density at radius 2 is 2.36 bits per heavy atom. The molecule has 0 saturated heterocycles. The van der Waals surface area contributed by atoms with E-state index in [2.05, 4.69) is 17.9 Å². The number of hydrogen-bond donors (Lipinski definition) is 2. The molecule has 14 heavy (non-hydrogen) atoms. The van der Waals surface area contributed by atoms with Crippen molar-refractivity contribution in [2.75, 3.05) is 7.11 Å². The molecule has 0 atom stereocenters. The van der Waals surface area contributed by atoms with Gasteiger partial charge in [-0.15, -0.1) is 0 Å². The fraction of sp³-hybridized carbons (Fsp3) is 0.222. The molecule has 0 aliphatic carbocycles. The van der Waals surface area contributed by atoms with E-state index in [9.17, 15) is 9.18 Å². The number of benzene rings is 1. The highest BCUT2D eigenvalue weighted by molar-refractivity contribution is 7.96. The highest BCUT2D eigenvalue weighted by atomic mass is 32.1. The minimum absolute atomic E-state index is 0.186. The molecule has 1 aromatic rings. The average Bonchev–Trinajstić information content (AvgIpc) is 2.15. The molecule has 0 spiro atoms. The van der Waals surface area contributed by atoms with Crippen LogP contribution in [0.5, 0.6) is 5.75 Å². The zero-order valence-electron chi connectivity index (χ0n) is 7.58. The molecule has 0 saturated carbocycles. The maximum Gasteiger partial charge on any atom is 0.276 e. The summed E-state index contributed by atoms with van der Waals surface area (Å²) in [4.78, 5) is 10.5. The normalized spacial score (nSPS) is 9.64. The van der Waals surface area contributed by atoms with Crippen molar-refractivity contribution in [1.82, 2.24) is 5.32 Å². The molecule has 76 valence electrons. The maximum atomic E-state index is 13.1. The van der Waals surface area contributed by atoms with Crippen molar-refractivity contribution in [3.05, 3.63) is 29.6 Å². The lowest BCUT2D eigenvalue weighted by atomic mass is 10.2. The summed E-state index contributed by atoms with van der Waals surface area (Å²) in [5.74, 6) is -0.260. The third-order valence-corrected chi connectivity index (χ3v) is 1.82. The third kappa shape index (κ3) is 2.92. The van der Waals surface area contributed by atoms with E-state index in [1.165, 1.54) is 19.2 Å². The monoisotopic (exact) mass is 215 g/mol. The summed E-state index contributed by atoms with van der Waals surface area (Å²) < 4.78 is 17.9. The molecule has 1 rings (SSSR count). The lowest BCUT2D eigenvalue weighted by Crippen LogP contribution is -2.15. The van der Waals surface area contributed by atoms with Gasteiger partial charge >= 0.3 is 0 Å². The molecule has 1 aromatic carbocycles. The summed E-state index contributed by atoms with van der Waals surface area (Å²) in [5, 5.41) is 2.00. The van der Waals surface area contributed by atoms with E-state index in [1.54, 1.807) is 6.07 Å². The first-order chi connectivity index (χ1) is 6.63. The third-order valence-electron chi connectivity index (χ3n) is 1.66. The Morgan fingerprint density at radius 1 is 1.64 bits per heavy atom. The van der Waals surface area contributed by atoms with Gasteiger partial charge in [0.2, 0.25) is 0 Å². The molecule has 3 nitrogen and oxygen atoms in total. The fourth-order valence-electron chi connectivity index (χ4n) is 0.998. The van der Waals surface area contributed by atoms with Gasteiger partial charge < -0.3 is 10.1 Å². The van der Waals surface area contributed by atoms with Crippen molar-refractivity contribution in [1.29, 1.82) is 0 Å². The van der Waals surface area contributed by atoms with Crippen molar-refractivity contribution in [2.24, 2.45) is 0 Å². The number of nitrogens with one attached hydrogen (secondary N) is 1. The zero-order valence-corrected chi connectivity index (χ0v) is 8.48. The molecule has 0 aliphatic rings. The van der Waals surface area contributed by atoms with Crippen LogP contribution in [-0.4, -0.2) is 12.3 Å². The van der Waals surface area contributed by atoms with Crippen LogP contribution in [0.25, 0.3) is 0 Å². The quantitative estimate of drug-likeness (QED) is 0.756. The number of thiol groups is 1. The molecule has 0 radical (unpaired) electrons. The first kappa shape index (κ1) is 10.8. The minimum atomic E-state index is -0.446. The Morgan fingerprint density at radius 3 is 2.86 bits per heavy atom. The number of carbonyl (C=O) groups is 1. The van der Waals surface area contributed by atoms with Crippen LogP contribution in [0.2, 0.25) is 0 Å². The van der Waals surface area contributed by atoms with Crippen LogP contribution in [0.15, 0.2) is 18.2 Å². The molecule has 0 heterocycles. The van der Waals surface area contributed by atoms with Crippen LogP contribution >= 0.6 is 12.6 Å². The Labute approximate surface area is 86.7 Å². The first-order valence-electron chi connectivity index (χ1n) is 3.92. The van der Waals surface area contributed by atoms with E-state index in [1.807, 2.05) is 0 Å². The molecule has 0 aromatic heterocycles. The smallest absolute Gasteiger partial charge is 0.276 e. The standard InChI is InChI=1S/C9H10FNO2S/c1-13-8-3-2-6(4-7(8)10)5-11-9(12)14/h2-4H,5H2,1H3,(H2,11,12,14). The molecule has 1 amide bonds. The second kappa shape index (κ2) is 4.85. The number of halogens is 1. The lowest BCUT2D eigenvalue weighted by molar-refractivity contribution is 0.260. The topological polar surface area (TPSA) is 38.3 Å². The average molecular weight is 215 g/mol. The first-order valence-corrected chi connectivity index (χ1v) is 4.37. The molecule has 0 aliphatic heterocycles. The van der Waals surface area contributed by atoms with Gasteiger partial charge in [-0.25, -0.2) is 4.39 Å². The van der Waals surface area contributed by atoms with Crippen molar-refractivity contribution in [3.63, 3.8) is 0 Å². The van der Waals surface area contributed by atoms with Gasteiger partial charge in [0.25, 0.3) is 5.24 Å². The second-order valence-corrected chi connectivity index (χ2v) is 3.03. The van der Waals surface area contributed by atoms with E-state index >= 15 is 0 Å². The fourth-order valence-corrected chi connectivity index (χ4v) is 1.08. The van der Waals surface area contributed by atoms with Crippen LogP contribution in [0.1, 0.15) is 5.56 Å². The molecule has 0 fully saturated rings. The summed E-state index contributed by atoms with van der Waals surface area (Å²) in [6, 6.07) is 4.49. The number of rotatable bonds is 3. The molecule has 5 heteroatoms.